The number of rotatable bonds is 5. The van der Waals surface area contributed by atoms with Gasteiger partial charge in [0.25, 0.3) is 0 Å². The molecule has 0 aliphatic rings. The molecule has 0 saturated carbocycles. The van der Waals surface area contributed by atoms with Gasteiger partial charge < -0.3 is 9.84 Å². The first-order chi connectivity index (χ1) is 17.7. The molecular weight excluding hydrogens is 534 g/mol. The van der Waals surface area contributed by atoms with Crippen LogP contribution in [0.3, 0.4) is 0 Å². The van der Waals surface area contributed by atoms with Crippen LogP contribution < -0.4 is 4.74 Å². The third kappa shape index (κ3) is 5.45. The number of phenols is 1. The summed E-state index contributed by atoms with van der Waals surface area (Å²) < 4.78 is 87.6. The van der Waals surface area contributed by atoms with Crippen molar-refractivity contribution in [2.75, 3.05) is 0 Å². The minimum Gasteiger partial charge on any atom is -0.506 e. The van der Waals surface area contributed by atoms with Crippen LogP contribution in [0, 0.1) is 6.92 Å². The first kappa shape index (κ1) is 27.4. The minimum absolute atomic E-state index is 0.0213. The topological polar surface area (TPSA) is 47.3 Å². The van der Waals surface area contributed by atoms with Crippen LogP contribution in [0.15, 0.2) is 60.7 Å². The van der Waals surface area contributed by atoms with Crippen LogP contribution in [-0.2, 0) is 19.4 Å². The van der Waals surface area contributed by atoms with E-state index in [1.54, 1.807) is 6.92 Å². The number of nitrogens with zero attached hydrogens (tertiary/aromatic N) is 2. The Balaban J connectivity index is 1.91. The number of aryl methyl sites for hydroxylation is 2. The molecule has 4 rings (SSSR count). The van der Waals surface area contributed by atoms with Gasteiger partial charge in [-0.15, -0.1) is 0 Å². The molecule has 0 radical (unpaired) electrons. The summed E-state index contributed by atoms with van der Waals surface area (Å²) in [5.74, 6) is -0.557. The van der Waals surface area contributed by atoms with Gasteiger partial charge in [0.2, 0.25) is 0 Å². The highest BCUT2D eigenvalue weighted by molar-refractivity contribution is 6.31. The Hall–Kier alpha value is -3.66. The van der Waals surface area contributed by atoms with E-state index in [0.717, 1.165) is 34.0 Å². The molecule has 1 aromatic heterocycles. The van der Waals surface area contributed by atoms with Crippen molar-refractivity contribution >= 4 is 11.6 Å². The summed E-state index contributed by atoms with van der Waals surface area (Å²) in [5.41, 5.74) is -0.959. The SMILES string of the molecule is Cc1ccc([C@@H](C)Oc2ccc(-c3cc(C(F)(F)F)nn3C)c(O)c2-c2ccc(Cl)c(C(F)(F)F)c2)cc1. The van der Waals surface area contributed by atoms with Crippen LogP contribution in [-0.4, -0.2) is 14.9 Å². The fourth-order valence-corrected chi connectivity index (χ4v) is 4.23. The van der Waals surface area contributed by atoms with Gasteiger partial charge in [0.15, 0.2) is 5.69 Å². The summed E-state index contributed by atoms with van der Waals surface area (Å²) >= 11 is 5.79. The zero-order valence-electron chi connectivity index (χ0n) is 20.2. The van der Waals surface area contributed by atoms with Crippen LogP contribution in [0.4, 0.5) is 26.3 Å². The maximum absolute atomic E-state index is 13.6. The molecule has 0 spiro atoms. The van der Waals surface area contributed by atoms with Gasteiger partial charge in [-0.05, 0) is 55.3 Å². The van der Waals surface area contributed by atoms with Crippen LogP contribution in [0.5, 0.6) is 11.5 Å². The number of aromatic hydroxyl groups is 1. The Kier molecular flexibility index (Phi) is 7.13. The van der Waals surface area contributed by atoms with Crippen molar-refractivity contribution in [2.45, 2.75) is 32.3 Å². The van der Waals surface area contributed by atoms with Gasteiger partial charge in [-0.2, -0.15) is 31.4 Å². The Morgan fingerprint density at radius 3 is 2.16 bits per heavy atom. The quantitative estimate of drug-likeness (QED) is 0.251. The maximum atomic E-state index is 13.6. The molecule has 0 amide bonds. The number of hydrogen-bond acceptors (Lipinski definition) is 3. The van der Waals surface area contributed by atoms with Crippen molar-refractivity contribution in [3.05, 3.63) is 88.1 Å². The van der Waals surface area contributed by atoms with E-state index in [-0.39, 0.29) is 28.1 Å². The van der Waals surface area contributed by atoms with Crippen LogP contribution >= 0.6 is 11.6 Å². The molecule has 0 saturated heterocycles. The van der Waals surface area contributed by atoms with E-state index in [1.165, 1.54) is 25.2 Å². The third-order valence-electron chi connectivity index (χ3n) is 6.00. The van der Waals surface area contributed by atoms with Gasteiger partial charge in [0, 0.05) is 12.6 Å². The van der Waals surface area contributed by atoms with E-state index in [4.69, 9.17) is 16.3 Å². The lowest BCUT2D eigenvalue weighted by atomic mass is 9.96. The van der Waals surface area contributed by atoms with Crippen molar-refractivity contribution in [1.29, 1.82) is 0 Å². The molecule has 11 heteroatoms. The van der Waals surface area contributed by atoms with E-state index in [1.807, 2.05) is 31.2 Å². The van der Waals surface area contributed by atoms with Crippen LogP contribution in [0.25, 0.3) is 22.4 Å². The first-order valence-electron chi connectivity index (χ1n) is 11.2. The summed E-state index contributed by atoms with van der Waals surface area (Å²) in [4.78, 5) is 0. The number of ether oxygens (including phenoxy) is 1. The van der Waals surface area contributed by atoms with Crippen molar-refractivity contribution in [2.24, 2.45) is 7.05 Å². The predicted molar refractivity (Wildman–Crippen MR) is 131 cm³/mol. The Labute approximate surface area is 219 Å². The summed E-state index contributed by atoms with van der Waals surface area (Å²) in [6.45, 7) is 3.63. The Morgan fingerprint density at radius 1 is 0.921 bits per heavy atom. The van der Waals surface area contributed by atoms with Gasteiger partial charge in [0.1, 0.15) is 17.6 Å². The molecule has 4 nitrogen and oxygen atoms in total. The van der Waals surface area contributed by atoms with Crippen molar-refractivity contribution < 1.29 is 36.2 Å². The average molecular weight is 555 g/mol. The molecule has 1 heterocycles. The fraction of sp³-hybridized carbons (Fsp3) is 0.222. The maximum Gasteiger partial charge on any atom is 0.435 e. The Morgan fingerprint density at radius 2 is 1.58 bits per heavy atom. The zero-order valence-corrected chi connectivity index (χ0v) is 21.0. The second-order valence-corrected chi connectivity index (χ2v) is 9.14. The molecule has 200 valence electrons. The average Bonchev–Trinajstić information content (AvgIpc) is 3.21. The number of benzene rings is 3. The number of aromatic nitrogens is 2. The fourth-order valence-electron chi connectivity index (χ4n) is 4.01. The van der Waals surface area contributed by atoms with Crippen molar-refractivity contribution in [3.8, 4) is 33.9 Å². The summed E-state index contributed by atoms with van der Waals surface area (Å²) in [6, 6.07) is 13.9. The molecule has 0 aliphatic carbocycles. The van der Waals surface area contributed by atoms with E-state index in [9.17, 15) is 31.4 Å². The van der Waals surface area contributed by atoms with Gasteiger partial charge in [-0.3, -0.25) is 4.68 Å². The number of halogens is 7. The molecule has 4 aromatic rings. The monoisotopic (exact) mass is 554 g/mol. The van der Waals surface area contributed by atoms with Gasteiger partial charge in [-0.1, -0.05) is 47.5 Å². The number of alkyl halides is 6. The van der Waals surface area contributed by atoms with E-state index >= 15 is 0 Å². The normalized spacial score (nSPS) is 13.0. The molecule has 0 fully saturated rings. The van der Waals surface area contributed by atoms with Crippen LogP contribution in [0.1, 0.15) is 35.4 Å². The molecule has 0 unspecified atom stereocenters. The van der Waals surface area contributed by atoms with E-state index in [2.05, 4.69) is 5.10 Å². The predicted octanol–water partition coefficient (Wildman–Crippen LogP) is 8.60. The van der Waals surface area contributed by atoms with E-state index < -0.39 is 40.5 Å². The molecule has 1 N–H and O–H groups in total. The van der Waals surface area contributed by atoms with Crippen molar-refractivity contribution in [1.82, 2.24) is 9.78 Å². The zero-order chi connectivity index (χ0) is 28.0. The smallest absolute Gasteiger partial charge is 0.435 e. The minimum atomic E-state index is -4.79. The second-order valence-electron chi connectivity index (χ2n) is 8.73. The molecule has 3 aromatic carbocycles. The van der Waals surface area contributed by atoms with Gasteiger partial charge in [-0.25, -0.2) is 0 Å². The lowest BCUT2D eigenvalue weighted by Crippen LogP contribution is -2.07. The second kappa shape index (κ2) is 9.90. The molecular formula is C27H21ClF6N2O2. The summed E-state index contributed by atoms with van der Waals surface area (Å²) in [7, 11) is 1.26. The highest BCUT2D eigenvalue weighted by atomic mass is 35.5. The molecule has 38 heavy (non-hydrogen) atoms. The van der Waals surface area contributed by atoms with E-state index in [0.29, 0.717) is 0 Å². The highest BCUT2D eigenvalue weighted by Crippen LogP contribution is 2.47. The molecule has 0 aliphatic heterocycles. The van der Waals surface area contributed by atoms with Gasteiger partial charge >= 0.3 is 12.4 Å². The van der Waals surface area contributed by atoms with Crippen LogP contribution in [0.2, 0.25) is 5.02 Å². The summed E-state index contributed by atoms with van der Waals surface area (Å²) in [6.07, 6.45) is -10.1. The van der Waals surface area contributed by atoms with Gasteiger partial charge in [0.05, 0.1) is 21.8 Å². The molecule has 1 atom stereocenters. The highest BCUT2D eigenvalue weighted by Gasteiger charge is 2.36. The lowest BCUT2D eigenvalue weighted by molar-refractivity contribution is -0.141. The standard InChI is InChI=1S/C27H21ClF6N2O2/c1-14-4-6-16(7-5-14)15(2)38-22-11-9-18(21-13-23(27(32,33)34)35-36(21)3)25(37)24(22)17-8-10-20(28)19(12-17)26(29,30)31/h4-13,15,37H,1-3H3/t15-/m1/s1. The molecule has 0 bridgehead atoms. The number of hydrogen-bond donors (Lipinski definition) is 1. The largest absolute Gasteiger partial charge is 0.506 e. The first-order valence-corrected chi connectivity index (χ1v) is 11.6. The summed E-state index contributed by atoms with van der Waals surface area (Å²) in [5, 5.41) is 14.2. The van der Waals surface area contributed by atoms with Crippen molar-refractivity contribution in [3.63, 3.8) is 0 Å². The lowest BCUT2D eigenvalue weighted by Gasteiger charge is -2.21. The Bertz CT molecular complexity index is 1480. The third-order valence-corrected chi connectivity index (χ3v) is 6.33. The number of phenolic OH excluding ortho intramolecular Hbond substituents is 1.